The summed E-state index contributed by atoms with van der Waals surface area (Å²) < 4.78 is 13.7. The van der Waals surface area contributed by atoms with Gasteiger partial charge in [0.25, 0.3) is 0 Å². The van der Waals surface area contributed by atoms with Crippen molar-refractivity contribution >= 4 is 5.69 Å². The van der Waals surface area contributed by atoms with Crippen LogP contribution in [0, 0.1) is 17.7 Å². The lowest BCUT2D eigenvalue weighted by Crippen LogP contribution is -2.31. The van der Waals surface area contributed by atoms with Crippen LogP contribution in [-0.2, 0) is 6.42 Å². The highest BCUT2D eigenvalue weighted by molar-refractivity contribution is 5.49. The number of anilines is 1. The largest absolute Gasteiger partial charge is 0.371 e. The van der Waals surface area contributed by atoms with Crippen LogP contribution in [0.15, 0.2) is 18.2 Å². The zero-order valence-corrected chi connectivity index (χ0v) is 12.6. The summed E-state index contributed by atoms with van der Waals surface area (Å²) in [5.74, 6) is 0.943. The van der Waals surface area contributed by atoms with Crippen LogP contribution in [0.3, 0.4) is 0 Å². The molecule has 0 aliphatic heterocycles. The molecule has 0 aliphatic rings. The molecule has 0 saturated heterocycles. The minimum atomic E-state index is -0.168. The van der Waals surface area contributed by atoms with Gasteiger partial charge in [-0.05, 0) is 48.6 Å². The van der Waals surface area contributed by atoms with Crippen LogP contribution >= 0.6 is 0 Å². The smallest absolute Gasteiger partial charge is 0.125 e. The van der Waals surface area contributed by atoms with Crippen molar-refractivity contribution in [2.45, 2.75) is 34.1 Å². The molecule has 0 atom stereocenters. The Labute approximate surface area is 116 Å². The van der Waals surface area contributed by atoms with Gasteiger partial charge in [0.1, 0.15) is 5.82 Å². The second-order valence-electron chi connectivity index (χ2n) is 6.05. The highest BCUT2D eigenvalue weighted by Crippen LogP contribution is 2.21. The van der Waals surface area contributed by atoms with Crippen molar-refractivity contribution in [3.05, 3.63) is 29.6 Å². The Kier molecular flexibility index (Phi) is 6.29. The van der Waals surface area contributed by atoms with E-state index in [1.807, 2.05) is 0 Å². The monoisotopic (exact) mass is 266 g/mol. The minimum absolute atomic E-state index is 0.168. The van der Waals surface area contributed by atoms with Crippen LogP contribution in [0.2, 0.25) is 0 Å². The van der Waals surface area contributed by atoms with Crippen molar-refractivity contribution < 1.29 is 4.39 Å². The molecule has 0 spiro atoms. The van der Waals surface area contributed by atoms with Gasteiger partial charge >= 0.3 is 0 Å². The average Bonchev–Trinajstić information content (AvgIpc) is 2.26. The zero-order valence-electron chi connectivity index (χ0n) is 12.6. The molecule has 2 N–H and O–H groups in total. The standard InChI is InChI=1S/C16H27FN2/c1-12(2)10-19(11-13(3)4)16-8-14(5-6-18)7-15(17)9-16/h7-9,12-13H,5-6,10-11,18H2,1-4H3. The first-order valence-electron chi connectivity index (χ1n) is 7.16. The average molecular weight is 266 g/mol. The zero-order chi connectivity index (χ0) is 14.4. The second-order valence-corrected chi connectivity index (χ2v) is 6.05. The van der Waals surface area contributed by atoms with Crippen molar-refractivity contribution in [2.75, 3.05) is 24.5 Å². The predicted molar refractivity (Wildman–Crippen MR) is 81.0 cm³/mol. The van der Waals surface area contributed by atoms with E-state index < -0.39 is 0 Å². The van der Waals surface area contributed by atoms with Gasteiger partial charge in [-0.2, -0.15) is 0 Å². The van der Waals surface area contributed by atoms with Crippen LogP contribution in [-0.4, -0.2) is 19.6 Å². The van der Waals surface area contributed by atoms with E-state index in [-0.39, 0.29) is 5.82 Å². The molecule has 0 aromatic heterocycles. The number of hydrogen-bond donors (Lipinski definition) is 1. The number of halogens is 1. The lowest BCUT2D eigenvalue weighted by atomic mass is 10.1. The van der Waals surface area contributed by atoms with E-state index in [0.29, 0.717) is 18.4 Å². The predicted octanol–water partition coefficient (Wildman–Crippen LogP) is 3.45. The summed E-state index contributed by atoms with van der Waals surface area (Å²) in [5, 5.41) is 0. The fraction of sp³-hybridized carbons (Fsp3) is 0.625. The van der Waals surface area contributed by atoms with E-state index in [1.165, 1.54) is 0 Å². The molecular weight excluding hydrogens is 239 g/mol. The van der Waals surface area contributed by atoms with Gasteiger partial charge in [0, 0.05) is 18.8 Å². The van der Waals surface area contributed by atoms with Crippen LogP contribution in [0.1, 0.15) is 33.3 Å². The molecule has 2 nitrogen and oxygen atoms in total. The van der Waals surface area contributed by atoms with Crippen molar-refractivity contribution in [3.63, 3.8) is 0 Å². The third-order valence-corrected chi connectivity index (χ3v) is 2.91. The van der Waals surface area contributed by atoms with Crippen molar-refractivity contribution in [3.8, 4) is 0 Å². The Morgan fingerprint density at radius 1 is 1.05 bits per heavy atom. The fourth-order valence-electron chi connectivity index (χ4n) is 2.29. The fourth-order valence-corrected chi connectivity index (χ4v) is 2.29. The summed E-state index contributed by atoms with van der Waals surface area (Å²) in [6.45, 7) is 11.2. The molecule has 0 bridgehead atoms. The van der Waals surface area contributed by atoms with E-state index in [1.54, 1.807) is 12.1 Å². The van der Waals surface area contributed by atoms with Crippen LogP contribution < -0.4 is 10.6 Å². The van der Waals surface area contributed by atoms with Gasteiger partial charge in [0.05, 0.1) is 0 Å². The maximum absolute atomic E-state index is 13.7. The van der Waals surface area contributed by atoms with Gasteiger partial charge in [-0.25, -0.2) is 4.39 Å². The quantitative estimate of drug-likeness (QED) is 0.819. The molecule has 1 aromatic carbocycles. The number of benzene rings is 1. The Bertz CT molecular complexity index is 378. The lowest BCUT2D eigenvalue weighted by molar-refractivity contribution is 0.550. The number of nitrogens with two attached hydrogens (primary N) is 1. The van der Waals surface area contributed by atoms with Crippen molar-refractivity contribution in [1.29, 1.82) is 0 Å². The molecule has 0 fully saturated rings. The number of hydrogen-bond acceptors (Lipinski definition) is 2. The molecule has 1 rings (SSSR count). The first kappa shape index (κ1) is 16.0. The maximum Gasteiger partial charge on any atom is 0.125 e. The van der Waals surface area contributed by atoms with Crippen molar-refractivity contribution in [1.82, 2.24) is 0 Å². The third kappa shape index (κ3) is 5.60. The van der Waals surface area contributed by atoms with Crippen LogP contribution in [0.25, 0.3) is 0 Å². The Morgan fingerprint density at radius 3 is 2.11 bits per heavy atom. The minimum Gasteiger partial charge on any atom is -0.371 e. The summed E-state index contributed by atoms with van der Waals surface area (Å²) in [6.07, 6.45) is 0.724. The van der Waals surface area contributed by atoms with E-state index in [2.05, 4.69) is 38.7 Å². The lowest BCUT2D eigenvalue weighted by Gasteiger charge is -2.29. The molecule has 0 amide bonds. The molecule has 0 radical (unpaired) electrons. The van der Waals surface area contributed by atoms with Gasteiger partial charge in [-0.1, -0.05) is 27.7 Å². The summed E-state index contributed by atoms with van der Waals surface area (Å²) in [5.41, 5.74) is 7.52. The van der Waals surface area contributed by atoms with Gasteiger partial charge in [0.15, 0.2) is 0 Å². The maximum atomic E-state index is 13.7. The number of nitrogens with zero attached hydrogens (tertiary/aromatic N) is 1. The summed E-state index contributed by atoms with van der Waals surface area (Å²) >= 11 is 0. The summed E-state index contributed by atoms with van der Waals surface area (Å²) in [7, 11) is 0. The van der Waals surface area contributed by atoms with Crippen molar-refractivity contribution in [2.24, 2.45) is 17.6 Å². The Balaban J connectivity index is 2.99. The van der Waals surface area contributed by atoms with E-state index in [9.17, 15) is 4.39 Å². The van der Waals surface area contributed by atoms with Crippen LogP contribution in [0.5, 0.6) is 0 Å². The SMILES string of the molecule is CC(C)CN(CC(C)C)c1cc(F)cc(CCN)c1. The van der Waals surface area contributed by atoms with E-state index in [0.717, 1.165) is 30.8 Å². The summed E-state index contributed by atoms with van der Waals surface area (Å²) in [6, 6.07) is 5.28. The topological polar surface area (TPSA) is 29.3 Å². The molecule has 1 aromatic rings. The normalized spacial score (nSPS) is 11.4. The molecule has 0 aliphatic carbocycles. The van der Waals surface area contributed by atoms with E-state index >= 15 is 0 Å². The molecule has 19 heavy (non-hydrogen) atoms. The first-order valence-corrected chi connectivity index (χ1v) is 7.16. The van der Waals surface area contributed by atoms with E-state index in [4.69, 9.17) is 5.73 Å². The van der Waals surface area contributed by atoms with Crippen LogP contribution in [0.4, 0.5) is 10.1 Å². The van der Waals surface area contributed by atoms with Gasteiger partial charge < -0.3 is 10.6 Å². The number of rotatable bonds is 7. The Hall–Kier alpha value is -1.09. The van der Waals surface area contributed by atoms with Gasteiger partial charge in [-0.15, -0.1) is 0 Å². The second kappa shape index (κ2) is 7.49. The highest BCUT2D eigenvalue weighted by atomic mass is 19.1. The molecular formula is C16H27FN2. The molecule has 0 heterocycles. The third-order valence-electron chi connectivity index (χ3n) is 2.91. The summed E-state index contributed by atoms with van der Waals surface area (Å²) in [4.78, 5) is 2.28. The highest BCUT2D eigenvalue weighted by Gasteiger charge is 2.12. The Morgan fingerprint density at radius 2 is 1.63 bits per heavy atom. The van der Waals surface area contributed by atoms with Gasteiger partial charge in [0.2, 0.25) is 0 Å². The first-order chi connectivity index (χ1) is 8.92. The molecule has 0 unspecified atom stereocenters. The molecule has 3 heteroatoms. The molecule has 108 valence electrons. The van der Waals surface area contributed by atoms with Gasteiger partial charge in [-0.3, -0.25) is 0 Å². The molecule has 0 saturated carbocycles.